The number of rotatable bonds is 5. The van der Waals surface area contributed by atoms with Crippen LogP contribution in [0.3, 0.4) is 0 Å². The molecule has 158 valence electrons. The topological polar surface area (TPSA) is 80.4 Å². The molecule has 2 heterocycles. The summed E-state index contributed by atoms with van der Waals surface area (Å²) in [6, 6.07) is 23.2. The Bertz CT molecular complexity index is 1400. The van der Waals surface area contributed by atoms with Gasteiger partial charge in [0.05, 0.1) is 10.4 Å². The van der Waals surface area contributed by atoms with Crippen molar-refractivity contribution in [1.82, 2.24) is 10.1 Å². The fourth-order valence-corrected chi connectivity index (χ4v) is 3.49. The second kappa shape index (κ2) is 8.42. The van der Waals surface area contributed by atoms with E-state index in [4.69, 9.17) is 32.5 Å². The molecule has 0 aliphatic rings. The first kappa shape index (κ1) is 20.2. The maximum absolute atomic E-state index is 10.1. The van der Waals surface area contributed by atoms with E-state index >= 15 is 0 Å². The molecular weight excluding hydrogens is 449 g/mol. The monoisotopic (exact) mass is 463 g/mol. The van der Waals surface area contributed by atoms with Crippen LogP contribution in [0, 0.1) is 0 Å². The molecule has 3 aromatic carbocycles. The molecule has 0 aliphatic carbocycles. The zero-order valence-corrected chi connectivity index (χ0v) is 17.9. The molecule has 5 rings (SSSR count). The third-order valence-corrected chi connectivity index (χ3v) is 5.29. The molecule has 2 N–H and O–H groups in total. The van der Waals surface area contributed by atoms with E-state index in [0.717, 1.165) is 5.69 Å². The lowest BCUT2D eigenvalue weighted by molar-refractivity contribution is 0.457. The van der Waals surface area contributed by atoms with Gasteiger partial charge in [0.15, 0.2) is 5.58 Å². The van der Waals surface area contributed by atoms with E-state index in [9.17, 15) is 5.11 Å². The van der Waals surface area contributed by atoms with Crippen molar-refractivity contribution >= 4 is 45.7 Å². The van der Waals surface area contributed by atoms with Crippen LogP contribution in [0.4, 0.5) is 11.5 Å². The first-order chi connectivity index (χ1) is 15.6. The van der Waals surface area contributed by atoms with Gasteiger partial charge in [-0.15, -0.1) is 0 Å². The number of aromatic nitrogens is 2. The molecule has 6 nitrogen and oxygen atoms in total. The van der Waals surface area contributed by atoms with Crippen LogP contribution in [-0.2, 0) is 0 Å². The quantitative estimate of drug-likeness (QED) is 0.281. The van der Waals surface area contributed by atoms with Crippen LogP contribution in [-0.4, -0.2) is 15.2 Å². The Balaban J connectivity index is 1.60. The molecule has 5 aromatic rings. The predicted octanol–water partition coefficient (Wildman–Crippen LogP) is 7.44. The number of phenols is 1. The van der Waals surface area contributed by atoms with E-state index in [1.54, 1.807) is 30.3 Å². The van der Waals surface area contributed by atoms with Crippen molar-refractivity contribution in [2.45, 2.75) is 0 Å². The molecule has 0 unspecified atom stereocenters. The highest BCUT2D eigenvalue weighted by Crippen LogP contribution is 2.38. The number of pyridine rings is 1. The fourth-order valence-electron chi connectivity index (χ4n) is 3.21. The number of phenolic OH excluding ortho intramolecular Hbond substituents is 1. The van der Waals surface area contributed by atoms with E-state index in [1.807, 2.05) is 36.4 Å². The van der Waals surface area contributed by atoms with E-state index in [0.29, 0.717) is 44.7 Å². The number of anilines is 2. The maximum atomic E-state index is 10.1. The van der Waals surface area contributed by atoms with Crippen molar-refractivity contribution in [3.05, 3.63) is 88.9 Å². The summed E-state index contributed by atoms with van der Waals surface area (Å²) >= 11 is 12.0. The van der Waals surface area contributed by atoms with Gasteiger partial charge < -0.3 is 19.7 Å². The summed E-state index contributed by atoms with van der Waals surface area (Å²) in [5, 5.41) is 19.0. The van der Waals surface area contributed by atoms with Gasteiger partial charge in [-0.2, -0.15) is 4.98 Å². The minimum Gasteiger partial charge on any atom is -0.506 e. The highest BCUT2D eigenvalue weighted by Gasteiger charge is 2.18. The summed E-state index contributed by atoms with van der Waals surface area (Å²) in [6.07, 6.45) is 0. The standard InChI is InChI=1S/C24H15Cl2N3O3/c25-14-6-8-16(9-7-14)31-22-11-10-17(24(28-22)27-15-4-2-1-3-5-15)23-18-12-20(30)19(26)13-21(18)32-29-23/h1-13,30H,(H,27,28). The average molecular weight is 464 g/mol. The van der Waals surface area contributed by atoms with Gasteiger partial charge in [-0.1, -0.05) is 46.6 Å². The van der Waals surface area contributed by atoms with Crippen LogP contribution in [0.25, 0.3) is 22.2 Å². The molecule has 0 saturated heterocycles. The van der Waals surface area contributed by atoms with Gasteiger partial charge in [-0.05, 0) is 48.5 Å². The van der Waals surface area contributed by atoms with Crippen LogP contribution in [0.5, 0.6) is 17.4 Å². The maximum Gasteiger partial charge on any atom is 0.221 e. The zero-order valence-electron chi connectivity index (χ0n) is 16.4. The number of para-hydroxylation sites is 1. The van der Waals surface area contributed by atoms with E-state index < -0.39 is 0 Å². The SMILES string of the molecule is Oc1cc2c(-c3ccc(Oc4ccc(Cl)cc4)nc3Nc3ccccc3)noc2cc1Cl. The molecule has 0 aliphatic heterocycles. The number of halogens is 2. The van der Waals surface area contributed by atoms with Crippen LogP contribution < -0.4 is 10.1 Å². The number of aromatic hydroxyl groups is 1. The van der Waals surface area contributed by atoms with Crippen molar-refractivity contribution in [1.29, 1.82) is 0 Å². The summed E-state index contributed by atoms with van der Waals surface area (Å²) in [5.41, 5.74) is 2.47. The third-order valence-electron chi connectivity index (χ3n) is 4.74. The zero-order chi connectivity index (χ0) is 22.1. The van der Waals surface area contributed by atoms with E-state index in [-0.39, 0.29) is 10.8 Å². The number of hydrogen-bond acceptors (Lipinski definition) is 6. The Kier molecular flexibility index (Phi) is 5.31. The van der Waals surface area contributed by atoms with Crippen LogP contribution >= 0.6 is 23.2 Å². The number of nitrogens with zero attached hydrogens (tertiary/aromatic N) is 2. The van der Waals surface area contributed by atoms with Crippen molar-refractivity contribution in [2.75, 3.05) is 5.32 Å². The molecule has 2 aromatic heterocycles. The van der Waals surface area contributed by atoms with Gasteiger partial charge in [0, 0.05) is 28.4 Å². The number of hydrogen-bond donors (Lipinski definition) is 2. The molecule has 0 bridgehead atoms. The summed E-state index contributed by atoms with van der Waals surface area (Å²) in [7, 11) is 0. The summed E-state index contributed by atoms with van der Waals surface area (Å²) < 4.78 is 11.3. The number of benzene rings is 3. The molecule has 0 radical (unpaired) electrons. The second-order valence-electron chi connectivity index (χ2n) is 6.92. The Labute approximate surface area is 193 Å². The summed E-state index contributed by atoms with van der Waals surface area (Å²) in [5.74, 6) is 1.43. The molecule has 0 atom stereocenters. The first-order valence-electron chi connectivity index (χ1n) is 9.61. The number of ether oxygens (including phenoxy) is 1. The van der Waals surface area contributed by atoms with Crippen LogP contribution in [0.2, 0.25) is 10.0 Å². The number of fused-ring (bicyclic) bond motifs is 1. The summed E-state index contributed by atoms with van der Waals surface area (Å²) in [6.45, 7) is 0. The third kappa shape index (κ3) is 4.06. The lowest BCUT2D eigenvalue weighted by Crippen LogP contribution is -1.99. The Morgan fingerprint density at radius 2 is 1.69 bits per heavy atom. The lowest BCUT2D eigenvalue weighted by Gasteiger charge is -2.12. The molecule has 0 spiro atoms. The van der Waals surface area contributed by atoms with Crippen LogP contribution in [0.15, 0.2) is 83.4 Å². The minimum atomic E-state index is -0.0585. The first-order valence-corrected chi connectivity index (χ1v) is 10.4. The van der Waals surface area contributed by atoms with E-state index in [1.165, 1.54) is 12.1 Å². The smallest absolute Gasteiger partial charge is 0.221 e. The fraction of sp³-hybridized carbons (Fsp3) is 0. The molecule has 32 heavy (non-hydrogen) atoms. The Morgan fingerprint density at radius 3 is 2.47 bits per heavy atom. The Morgan fingerprint density at radius 1 is 0.906 bits per heavy atom. The van der Waals surface area contributed by atoms with Gasteiger partial charge in [0.2, 0.25) is 5.88 Å². The lowest BCUT2D eigenvalue weighted by atomic mass is 10.1. The van der Waals surface area contributed by atoms with Gasteiger partial charge in [0.1, 0.15) is 23.0 Å². The largest absolute Gasteiger partial charge is 0.506 e. The highest BCUT2D eigenvalue weighted by atomic mass is 35.5. The van der Waals surface area contributed by atoms with Gasteiger partial charge in [0.25, 0.3) is 0 Å². The van der Waals surface area contributed by atoms with E-state index in [2.05, 4.69) is 15.5 Å². The van der Waals surface area contributed by atoms with Crippen molar-refractivity contribution in [3.8, 4) is 28.6 Å². The van der Waals surface area contributed by atoms with Crippen molar-refractivity contribution < 1.29 is 14.4 Å². The number of nitrogens with one attached hydrogen (secondary N) is 1. The van der Waals surface area contributed by atoms with Gasteiger partial charge in [-0.25, -0.2) is 0 Å². The van der Waals surface area contributed by atoms with Crippen LogP contribution in [0.1, 0.15) is 0 Å². The molecule has 0 fully saturated rings. The molecule has 0 saturated carbocycles. The molecular formula is C24H15Cl2N3O3. The van der Waals surface area contributed by atoms with Crippen molar-refractivity contribution in [2.24, 2.45) is 0 Å². The molecule has 8 heteroatoms. The Hall–Kier alpha value is -3.74. The van der Waals surface area contributed by atoms with Gasteiger partial charge in [-0.3, -0.25) is 0 Å². The van der Waals surface area contributed by atoms with Gasteiger partial charge >= 0.3 is 0 Å². The predicted molar refractivity (Wildman–Crippen MR) is 125 cm³/mol. The molecule has 0 amide bonds. The normalized spacial score (nSPS) is 10.9. The minimum absolute atomic E-state index is 0.0585. The van der Waals surface area contributed by atoms with Crippen molar-refractivity contribution in [3.63, 3.8) is 0 Å². The second-order valence-corrected chi connectivity index (χ2v) is 7.77. The highest BCUT2D eigenvalue weighted by molar-refractivity contribution is 6.32. The summed E-state index contributed by atoms with van der Waals surface area (Å²) in [4.78, 5) is 4.65. The average Bonchev–Trinajstić information content (AvgIpc) is 3.19.